The standard InChI is InChI=1S/C4H4O4.2H4N2/c5-3(6)1-2-4(7)8;2*1-2/h1-2H,(H,5,6)(H,7,8);2*1-2H2/b2-1+;;. The van der Waals surface area contributed by atoms with E-state index in [2.05, 4.69) is 23.4 Å². The summed E-state index contributed by atoms with van der Waals surface area (Å²) >= 11 is 0. The second-order valence-electron chi connectivity index (χ2n) is 1.01. The van der Waals surface area contributed by atoms with Crippen LogP contribution in [0, 0.1) is 0 Å². The third kappa shape index (κ3) is 38.9. The Morgan fingerprint density at radius 2 is 1.00 bits per heavy atom. The fourth-order valence-electron chi connectivity index (χ4n) is 0.143. The molecule has 0 aromatic carbocycles. The first-order valence-corrected chi connectivity index (χ1v) is 2.43. The van der Waals surface area contributed by atoms with Gasteiger partial charge in [-0.1, -0.05) is 0 Å². The van der Waals surface area contributed by atoms with Crippen LogP contribution in [0.5, 0.6) is 0 Å². The number of carboxylic acids is 2. The number of carboxylic acid groups (broad SMARTS) is 2. The van der Waals surface area contributed by atoms with Crippen LogP contribution in [0.25, 0.3) is 0 Å². The van der Waals surface area contributed by atoms with E-state index in [4.69, 9.17) is 10.2 Å². The Morgan fingerprint density at radius 1 is 0.833 bits per heavy atom. The SMILES string of the molecule is NN.NN.O=C(O)/C=C/C(=O)O. The van der Waals surface area contributed by atoms with Crippen LogP contribution in [-0.2, 0) is 9.59 Å². The van der Waals surface area contributed by atoms with Crippen molar-refractivity contribution in [2.75, 3.05) is 0 Å². The Hall–Kier alpha value is -1.48. The number of nitrogens with two attached hydrogens (primary N) is 4. The molecule has 72 valence electrons. The summed E-state index contributed by atoms with van der Waals surface area (Å²) in [5.74, 6) is 13.5. The minimum atomic E-state index is -1.26. The molecule has 0 saturated heterocycles. The van der Waals surface area contributed by atoms with E-state index in [1.165, 1.54) is 0 Å². The third-order valence-electron chi connectivity index (χ3n) is 0.368. The van der Waals surface area contributed by atoms with Gasteiger partial charge in [-0.3, -0.25) is 23.4 Å². The molecule has 8 heteroatoms. The second kappa shape index (κ2) is 16.3. The van der Waals surface area contributed by atoms with Crippen LogP contribution in [0.3, 0.4) is 0 Å². The van der Waals surface area contributed by atoms with Gasteiger partial charge in [-0.05, 0) is 0 Å². The van der Waals surface area contributed by atoms with Gasteiger partial charge in [0.25, 0.3) is 0 Å². The molecule has 0 aromatic heterocycles. The van der Waals surface area contributed by atoms with Crippen LogP contribution in [0.15, 0.2) is 12.2 Å². The predicted octanol–water partition coefficient (Wildman–Crippen LogP) is -2.65. The summed E-state index contributed by atoms with van der Waals surface area (Å²) in [6.45, 7) is 0. The highest BCUT2D eigenvalue weighted by Gasteiger charge is 1.88. The van der Waals surface area contributed by atoms with Crippen molar-refractivity contribution in [3.05, 3.63) is 12.2 Å². The smallest absolute Gasteiger partial charge is 0.328 e. The molecule has 10 N–H and O–H groups in total. The zero-order chi connectivity index (χ0) is 10.6. The van der Waals surface area contributed by atoms with Crippen LogP contribution in [0.2, 0.25) is 0 Å². The van der Waals surface area contributed by atoms with E-state index in [9.17, 15) is 9.59 Å². The molecule has 0 atom stereocenters. The molecule has 0 radical (unpaired) electrons. The van der Waals surface area contributed by atoms with Crippen molar-refractivity contribution in [1.82, 2.24) is 0 Å². The minimum Gasteiger partial charge on any atom is -0.478 e. The largest absolute Gasteiger partial charge is 0.478 e. The quantitative estimate of drug-likeness (QED) is 0.151. The lowest BCUT2D eigenvalue weighted by molar-refractivity contribution is -0.134. The summed E-state index contributed by atoms with van der Waals surface area (Å²) in [6.07, 6.45) is 1.12. The van der Waals surface area contributed by atoms with Gasteiger partial charge in [-0.2, -0.15) is 0 Å². The maximum Gasteiger partial charge on any atom is 0.328 e. The van der Waals surface area contributed by atoms with Crippen LogP contribution >= 0.6 is 0 Å². The van der Waals surface area contributed by atoms with Crippen LogP contribution < -0.4 is 23.4 Å². The topological polar surface area (TPSA) is 179 Å². The Morgan fingerprint density at radius 3 is 1.08 bits per heavy atom. The zero-order valence-corrected chi connectivity index (χ0v) is 6.18. The molecule has 0 rings (SSSR count). The molecule has 0 heterocycles. The number of hydrogen-bond acceptors (Lipinski definition) is 6. The van der Waals surface area contributed by atoms with Gasteiger partial charge in [-0.25, -0.2) is 9.59 Å². The van der Waals surface area contributed by atoms with E-state index in [-0.39, 0.29) is 0 Å². The first kappa shape index (κ1) is 16.9. The summed E-state index contributed by atoms with van der Waals surface area (Å²) in [6, 6.07) is 0. The van der Waals surface area contributed by atoms with Crippen molar-refractivity contribution < 1.29 is 19.8 Å². The first-order chi connectivity index (χ1) is 5.63. The fourth-order valence-corrected chi connectivity index (χ4v) is 0.143. The zero-order valence-electron chi connectivity index (χ0n) is 6.18. The lowest BCUT2D eigenvalue weighted by Gasteiger charge is -1.74. The Bertz CT molecular complexity index is 130. The molecule has 0 unspecified atom stereocenters. The fraction of sp³-hybridized carbons (Fsp3) is 0. The molecule has 0 fully saturated rings. The summed E-state index contributed by atoms with van der Waals surface area (Å²) in [4.78, 5) is 19.1. The number of hydrogen-bond donors (Lipinski definition) is 6. The molecule has 0 aliphatic carbocycles. The van der Waals surface area contributed by atoms with Crippen LogP contribution in [0.1, 0.15) is 0 Å². The highest BCUT2D eigenvalue weighted by Crippen LogP contribution is 1.70. The third-order valence-corrected chi connectivity index (χ3v) is 0.368. The number of carbonyl (C=O) groups is 2. The van der Waals surface area contributed by atoms with Gasteiger partial charge in [0.15, 0.2) is 0 Å². The van der Waals surface area contributed by atoms with Crippen molar-refractivity contribution in [1.29, 1.82) is 0 Å². The number of aliphatic carboxylic acids is 2. The second-order valence-corrected chi connectivity index (χ2v) is 1.01. The highest BCUT2D eigenvalue weighted by atomic mass is 16.4. The van der Waals surface area contributed by atoms with Crippen LogP contribution in [0.4, 0.5) is 0 Å². The molecule has 0 spiro atoms. The number of rotatable bonds is 2. The van der Waals surface area contributed by atoms with Crippen molar-refractivity contribution in [2.45, 2.75) is 0 Å². The van der Waals surface area contributed by atoms with Crippen molar-refractivity contribution in [3.8, 4) is 0 Å². The summed E-state index contributed by atoms with van der Waals surface area (Å²) in [7, 11) is 0. The Balaban J connectivity index is -0.000000175. The van der Waals surface area contributed by atoms with Gasteiger partial charge >= 0.3 is 11.9 Å². The molecule has 0 bridgehead atoms. The molecule has 0 saturated carbocycles. The molecule has 0 aliphatic rings. The molecule has 0 aliphatic heterocycles. The highest BCUT2D eigenvalue weighted by molar-refractivity contribution is 5.89. The molecule has 12 heavy (non-hydrogen) atoms. The lowest BCUT2D eigenvalue weighted by Crippen LogP contribution is -2.02. The van der Waals surface area contributed by atoms with E-state index in [0.29, 0.717) is 12.2 Å². The van der Waals surface area contributed by atoms with Gasteiger partial charge in [0, 0.05) is 12.2 Å². The lowest BCUT2D eigenvalue weighted by atomic mass is 10.5. The van der Waals surface area contributed by atoms with E-state index >= 15 is 0 Å². The molecule has 0 amide bonds. The van der Waals surface area contributed by atoms with Gasteiger partial charge < -0.3 is 10.2 Å². The molecule has 8 nitrogen and oxygen atoms in total. The maximum atomic E-state index is 9.55. The van der Waals surface area contributed by atoms with E-state index in [0.717, 1.165) is 0 Å². The molecular formula is C4H12N4O4. The average Bonchev–Trinajstić information content (AvgIpc) is 2.08. The predicted molar refractivity (Wildman–Crippen MR) is 41.2 cm³/mol. The monoisotopic (exact) mass is 180 g/mol. The summed E-state index contributed by atoms with van der Waals surface area (Å²) in [5, 5.41) is 15.6. The first-order valence-electron chi connectivity index (χ1n) is 2.43. The summed E-state index contributed by atoms with van der Waals surface area (Å²) in [5.41, 5.74) is 0. The van der Waals surface area contributed by atoms with E-state index in [1.807, 2.05) is 0 Å². The van der Waals surface area contributed by atoms with Crippen molar-refractivity contribution in [3.63, 3.8) is 0 Å². The van der Waals surface area contributed by atoms with Gasteiger partial charge in [0.05, 0.1) is 0 Å². The average molecular weight is 180 g/mol. The van der Waals surface area contributed by atoms with E-state index < -0.39 is 11.9 Å². The minimum absolute atomic E-state index is 0.558. The number of hydrazine groups is 2. The van der Waals surface area contributed by atoms with Crippen molar-refractivity contribution >= 4 is 11.9 Å². The molecule has 0 aromatic rings. The summed E-state index contributed by atoms with van der Waals surface area (Å²) < 4.78 is 0. The maximum absolute atomic E-state index is 9.55. The van der Waals surface area contributed by atoms with Crippen LogP contribution in [-0.4, -0.2) is 22.2 Å². The normalized spacial score (nSPS) is 7.33. The Labute approximate surface area is 68.4 Å². The Kier molecular flexibility index (Phi) is 22.8. The molecular weight excluding hydrogens is 168 g/mol. The van der Waals surface area contributed by atoms with Gasteiger partial charge in [0.2, 0.25) is 0 Å². The van der Waals surface area contributed by atoms with E-state index in [1.54, 1.807) is 0 Å². The van der Waals surface area contributed by atoms with Crippen molar-refractivity contribution in [2.24, 2.45) is 23.4 Å². The van der Waals surface area contributed by atoms with Gasteiger partial charge in [0.1, 0.15) is 0 Å². The van der Waals surface area contributed by atoms with Gasteiger partial charge in [-0.15, -0.1) is 0 Å².